The summed E-state index contributed by atoms with van der Waals surface area (Å²) in [5, 5.41) is 4.61. The van der Waals surface area contributed by atoms with Crippen LogP contribution in [0.1, 0.15) is 15.9 Å². The number of anilines is 1. The van der Waals surface area contributed by atoms with Crippen molar-refractivity contribution in [2.75, 3.05) is 20.0 Å². The second kappa shape index (κ2) is 7.54. The van der Waals surface area contributed by atoms with Gasteiger partial charge in [0, 0.05) is 17.3 Å². The molecule has 0 atom stereocenters. The van der Waals surface area contributed by atoms with E-state index in [9.17, 15) is 18.0 Å². The lowest BCUT2D eigenvalue weighted by Gasteiger charge is -2.09. The number of hydrogen-bond donors (Lipinski definition) is 1. The molecular formula is C19H14F3N5O3S. The number of nitrogens with zero attached hydrogens (tertiary/aromatic N) is 4. The van der Waals surface area contributed by atoms with E-state index in [-0.39, 0.29) is 11.1 Å². The topological polar surface area (TPSA) is 105 Å². The van der Waals surface area contributed by atoms with Gasteiger partial charge in [0.2, 0.25) is 4.96 Å². The van der Waals surface area contributed by atoms with Gasteiger partial charge in [-0.05, 0) is 18.2 Å². The number of ether oxygens (including phenoxy) is 2. The number of nitrogens with two attached hydrogens (primary N) is 1. The van der Waals surface area contributed by atoms with Crippen molar-refractivity contribution in [3.63, 3.8) is 0 Å². The van der Waals surface area contributed by atoms with Crippen LogP contribution in [0.25, 0.3) is 26.8 Å². The first-order chi connectivity index (χ1) is 14.7. The fraction of sp³-hybridized carbons (Fsp3) is 0.158. The molecule has 12 heteroatoms. The van der Waals surface area contributed by atoms with E-state index in [1.807, 2.05) is 0 Å². The number of rotatable bonds is 4. The number of nitrogen functional groups attached to an aromatic ring is 1. The van der Waals surface area contributed by atoms with Crippen LogP contribution in [0.3, 0.4) is 0 Å². The fourth-order valence-corrected chi connectivity index (χ4v) is 3.77. The standard InChI is InChI=1S/C19H14F3N5O3S/c1-29-14-6-9(3-4-11(14)17(28)30-2)13-8-27-18(25-13)31-16(26-27)10-5-12(19(20,21)22)15(23)24-7-10/h3-8H,1-2H3,(H2,23,24). The Kier molecular flexibility index (Phi) is 5.01. The van der Waals surface area contributed by atoms with E-state index in [0.29, 0.717) is 27.0 Å². The Morgan fingerprint density at radius 1 is 1.19 bits per heavy atom. The molecule has 0 saturated heterocycles. The predicted octanol–water partition coefficient (Wildman–Crippen LogP) is 3.92. The number of fused-ring (bicyclic) bond motifs is 1. The van der Waals surface area contributed by atoms with Crippen LogP contribution >= 0.6 is 11.3 Å². The van der Waals surface area contributed by atoms with Crippen LogP contribution in [0.5, 0.6) is 5.75 Å². The number of hydrogen-bond acceptors (Lipinski definition) is 8. The van der Waals surface area contributed by atoms with Crippen molar-refractivity contribution < 1.29 is 27.4 Å². The number of carbonyl (C=O) groups excluding carboxylic acids is 1. The number of halogens is 3. The predicted molar refractivity (Wildman–Crippen MR) is 107 cm³/mol. The molecule has 0 spiro atoms. The molecule has 2 N–H and O–H groups in total. The zero-order valence-corrected chi connectivity index (χ0v) is 16.9. The molecule has 8 nitrogen and oxygen atoms in total. The lowest BCUT2D eigenvalue weighted by molar-refractivity contribution is -0.137. The molecule has 0 aliphatic heterocycles. The molecular weight excluding hydrogens is 435 g/mol. The third-order valence-corrected chi connectivity index (χ3v) is 5.39. The zero-order chi connectivity index (χ0) is 22.3. The van der Waals surface area contributed by atoms with Gasteiger partial charge in [-0.25, -0.2) is 19.3 Å². The molecule has 0 amide bonds. The number of imidazole rings is 1. The third-order valence-electron chi connectivity index (χ3n) is 4.42. The number of aromatic nitrogens is 4. The molecule has 1 aromatic carbocycles. The van der Waals surface area contributed by atoms with Crippen molar-refractivity contribution in [2.24, 2.45) is 0 Å². The van der Waals surface area contributed by atoms with Crippen LogP contribution < -0.4 is 10.5 Å². The highest BCUT2D eigenvalue weighted by molar-refractivity contribution is 7.19. The fourth-order valence-electron chi connectivity index (χ4n) is 2.90. The summed E-state index contributed by atoms with van der Waals surface area (Å²) >= 11 is 1.10. The summed E-state index contributed by atoms with van der Waals surface area (Å²) in [4.78, 5) is 20.4. The maximum absolute atomic E-state index is 13.1. The molecule has 0 aliphatic carbocycles. The first kappa shape index (κ1) is 20.6. The van der Waals surface area contributed by atoms with Crippen LogP contribution in [0.4, 0.5) is 19.0 Å². The summed E-state index contributed by atoms with van der Waals surface area (Å²) < 4.78 is 50.7. The number of methoxy groups -OCH3 is 2. The largest absolute Gasteiger partial charge is 0.496 e. The number of pyridine rings is 1. The maximum atomic E-state index is 13.1. The SMILES string of the molecule is COC(=O)c1ccc(-c2cn3nc(-c4cnc(N)c(C(F)(F)F)c4)sc3n2)cc1OC. The lowest BCUT2D eigenvalue weighted by Crippen LogP contribution is -2.10. The Balaban J connectivity index is 1.70. The van der Waals surface area contributed by atoms with E-state index in [1.165, 1.54) is 24.9 Å². The summed E-state index contributed by atoms with van der Waals surface area (Å²) in [6.45, 7) is 0. The highest BCUT2D eigenvalue weighted by Gasteiger charge is 2.34. The summed E-state index contributed by atoms with van der Waals surface area (Å²) in [7, 11) is 2.71. The monoisotopic (exact) mass is 449 g/mol. The average Bonchev–Trinajstić information content (AvgIpc) is 3.31. The molecule has 0 unspecified atom stereocenters. The number of alkyl halides is 3. The smallest absolute Gasteiger partial charge is 0.419 e. The van der Waals surface area contributed by atoms with E-state index in [2.05, 4.69) is 15.1 Å². The summed E-state index contributed by atoms with van der Waals surface area (Å²) in [5.41, 5.74) is 6.00. The minimum atomic E-state index is -4.62. The number of carbonyl (C=O) groups is 1. The van der Waals surface area contributed by atoms with Gasteiger partial charge >= 0.3 is 12.1 Å². The van der Waals surface area contributed by atoms with E-state index < -0.39 is 23.5 Å². The summed E-state index contributed by atoms with van der Waals surface area (Å²) in [6.07, 6.45) is -1.76. The Morgan fingerprint density at radius 2 is 1.97 bits per heavy atom. The van der Waals surface area contributed by atoms with Gasteiger partial charge in [-0.3, -0.25) is 0 Å². The van der Waals surface area contributed by atoms with Gasteiger partial charge < -0.3 is 15.2 Å². The van der Waals surface area contributed by atoms with Gasteiger partial charge in [-0.2, -0.15) is 18.3 Å². The van der Waals surface area contributed by atoms with Gasteiger partial charge in [0.15, 0.2) is 0 Å². The van der Waals surface area contributed by atoms with Gasteiger partial charge in [0.05, 0.1) is 31.7 Å². The molecule has 31 heavy (non-hydrogen) atoms. The van der Waals surface area contributed by atoms with Gasteiger partial charge in [0.1, 0.15) is 22.1 Å². The minimum Gasteiger partial charge on any atom is -0.496 e. The Bertz CT molecular complexity index is 1270. The molecule has 4 rings (SSSR count). The van der Waals surface area contributed by atoms with Crippen LogP contribution in [-0.4, -0.2) is 39.8 Å². The third kappa shape index (κ3) is 3.77. The normalized spacial score (nSPS) is 11.6. The molecule has 4 aromatic rings. The zero-order valence-electron chi connectivity index (χ0n) is 16.1. The van der Waals surface area contributed by atoms with Crippen LogP contribution in [0, 0.1) is 0 Å². The van der Waals surface area contributed by atoms with Crippen LogP contribution in [-0.2, 0) is 10.9 Å². The molecule has 3 aromatic heterocycles. The molecule has 0 saturated carbocycles. The average molecular weight is 449 g/mol. The quantitative estimate of drug-likeness (QED) is 0.471. The van der Waals surface area contributed by atoms with Crippen molar-refractivity contribution in [1.82, 2.24) is 19.6 Å². The van der Waals surface area contributed by atoms with Crippen molar-refractivity contribution in [3.8, 4) is 27.6 Å². The molecule has 0 radical (unpaired) electrons. The Labute approximate surface area is 177 Å². The Hall–Kier alpha value is -3.67. The maximum Gasteiger partial charge on any atom is 0.419 e. The van der Waals surface area contributed by atoms with Crippen molar-refractivity contribution in [3.05, 3.63) is 47.8 Å². The van der Waals surface area contributed by atoms with Crippen molar-refractivity contribution >= 4 is 28.1 Å². The van der Waals surface area contributed by atoms with Crippen molar-refractivity contribution in [2.45, 2.75) is 6.18 Å². The molecule has 0 aliphatic rings. The van der Waals surface area contributed by atoms with Gasteiger partial charge in [-0.1, -0.05) is 17.4 Å². The van der Waals surface area contributed by atoms with Crippen molar-refractivity contribution in [1.29, 1.82) is 0 Å². The minimum absolute atomic E-state index is 0.183. The number of esters is 1. The molecule has 0 bridgehead atoms. The first-order valence-corrected chi connectivity index (χ1v) is 9.49. The highest BCUT2D eigenvalue weighted by atomic mass is 32.1. The van der Waals surface area contributed by atoms with Gasteiger partial charge in [-0.15, -0.1) is 0 Å². The first-order valence-electron chi connectivity index (χ1n) is 8.67. The second-order valence-corrected chi connectivity index (χ2v) is 7.28. The highest BCUT2D eigenvalue weighted by Crippen LogP contribution is 2.36. The van der Waals surface area contributed by atoms with Crippen LogP contribution in [0.2, 0.25) is 0 Å². The lowest BCUT2D eigenvalue weighted by atomic mass is 10.1. The van der Waals surface area contributed by atoms with E-state index in [4.69, 9.17) is 15.2 Å². The van der Waals surface area contributed by atoms with E-state index in [1.54, 1.807) is 24.4 Å². The Morgan fingerprint density at radius 3 is 2.61 bits per heavy atom. The van der Waals surface area contributed by atoms with E-state index >= 15 is 0 Å². The summed E-state index contributed by atoms with van der Waals surface area (Å²) in [5.74, 6) is -0.804. The second-order valence-electron chi connectivity index (χ2n) is 6.32. The summed E-state index contributed by atoms with van der Waals surface area (Å²) in [6, 6.07) is 5.80. The molecule has 0 fully saturated rings. The number of benzene rings is 1. The molecule has 160 valence electrons. The van der Waals surface area contributed by atoms with E-state index in [0.717, 1.165) is 17.4 Å². The van der Waals surface area contributed by atoms with Gasteiger partial charge in [0.25, 0.3) is 0 Å². The van der Waals surface area contributed by atoms with Crippen LogP contribution in [0.15, 0.2) is 36.7 Å². The molecule has 3 heterocycles.